The highest BCUT2D eigenvalue weighted by atomic mass is 16.5. The number of ether oxygens (including phenoxy) is 2. The lowest BCUT2D eigenvalue weighted by molar-refractivity contribution is 0.0926. The molecule has 8 nitrogen and oxygen atoms in total. The number of fused-ring (bicyclic) bond motifs is 1. The van der Waals surface area contributed by atoms with E-state index in [1.165, 1.54) is 0 Å². The summed E-state index contributed by atoms with van der Waals surface area (Å²) in [7, 11) is 7.12. The van der Waals surface area contributed by atoms with Crippen molar-refractivity contribution >= 4 is 28.6 Å². The molecule has 2 N–H and O–H groups in total. The number of benzene rings is 2. The standard InChI is InChI=1S/C25H31N5O3/c1-30(2)23-19-7-5-6-8-20(19)28-25(29-23)27-18-12-10-17(11-13-18)26-24(31)16-9-14-21(32-3)22(15-16)33-4/h5-9,14-15,17-18H,10-13H2,1-4H3,(H,26,31)(H,27,28,29)/t17-,18+. The number of anilines is 2. The highest BCUT2D eigenvalue weighted by Crippen LogP contribution is 2.29. The number of methoxy groups -OCH3 is 2. The van der Waals surface area contributed by atoms with Gasteiger partial charge < -0.3 is 25.0 Å². The Morgan fingerprint density at radius 2 is 1.64 bits per heavy atom. The van der Waals surface area contributed by atoms with E-state index in [1.54, 1.807) is 32.4 Å². The van der Waals surface area contributed by atoms with Gasteiger partial charge in [0.1, 0.15) is 5.82 Å². The summed E-state index contributed by atoms with van der Waals surface area (Å²) in [5.41, 5.74) is 1.49. The van der Waals surface area contributed by atoms with Crippen molar-refractivity contribution in [3.63, 3.8) is 0 Å². The van der Waals surface area contributed by atoms with E-state index in [2.05, 4.69) is 10.6 Å². The number of para-hydroxylation sites is 1. The van der Waals surface area contributed by atoms with E-state index in [0.717, 1.165) is 42.4 Å². The number of carbonyl (C=O) groups is 1. The predicted octanol–water partition coefficient (Wildman–Crippen LogP) is 3.87. The van der Waals surface area contributed by atoms with Crippen molar-refractivity contribution in [3.05, 3.63) is 48.0 Å². The molecule has 0 saturated heterocycles. The highest BCUT2D eigenvalue weighted by Gasteiger charge is 2.24. The third-order valence-corrected chi connectivity index (χ3v) is 6.05. The molecule has 1 aromatic heterocycles. The van der Waals surface area contributed by atoms with E-state index in [1.807, 2.05) is 43.3 Å². The second kappa shape index (κ2) is 9.94. The first-order valence-electron chi connectivity index (χ1n) is 11.2. The van der Waals surface area contributed by atoms with Gasteiger partial charge in [0.05, 0.1) is 19.7 Å². The van der Waals surface area contributed by atoms with Gasteiger partial charge in [0.2, 0.25) is 5.95 Å². The second-order valence-electron chi connectivity index (χ2n) is 8.52. The molecule has 0 atom stereocenters. The van der Waals surface area contributed by atoms with E-state index in [4.69, 9.17) is 19.4 Å². The zero-order valence-electron chi connectivity index (χ0n) is 19.6. The minimum absolute atomic E-state index is 0.0964. The lowest BCUT2D eigenvalue weighted by atomic mass is 9.91. The third-order valence-electron chi connectivity index (χ3n) is 6.05. The van der Waals surface area contributed by atoms with Crippen molar-refractivity contribution in [1.29, 1.82) is 0 Å². The van der Waals surface area contributed by atoms with Gasteiger partial charge in [0.15, 0.2) is 11.5 Å². The van der Waals surface area contributed by atoms with Gasteiger partial charge in [-0.25, -0.2) is 4.98 Å². The smallest absolute Gasteiger partial charge is 0.251 e. The molecule has 174 valence electrons. The molecule has 1 aliphatic carbocycles. The first-order chi connectivity index (χ1) is 16.0. The van der Waals surface area contributed by atoms with Crippen LogP contribution in [0.1, 0.15) is 36.0 Å². The average molecular weight is 450 g/mol. The minimum atomic E-state index is -0.0964. The quantitative estimate of drug-likeness (QED) is 0.566. The van der Waals surface area contributed by atoms with Crippen molar-refractivity contribution in [1.82, 2.24) is 15.3 Å². The average Bonchev–Trinajstić information content (AvgIpc) is 2.84. The molecule has 4 rings (SSSR count). The Bertz CT molecular complexity index is 1130. The van der Waals surface area contributed by atoms with Gasteiger partial charge in [0.25, 0.3) is 5.91 Å². The summed E-state index contributed by atoms with van der Waals surface area (Å²) >= 11 is 0. The fourth-order valence-corrected chi connectivity index (χ4v) is 4.28. The summed E-state index contributed by atoms with van der Waals surface area (Å²) in [5.74, 6) is 2.61. The summed E-state index contributed by atoms with van der Waals surface area (Å²) < 4.78 is 10.6. The van der Waals surface area contributed by atoms with Crippen LogP contribution in [0.2, 0.25) is 0 Å². The molecule has 0 spiro atoms. The molecule has 0 aliphatic heterocycles. The Hall–Kier alpha value is -3.55. The van der Waals surface area contributed by atoms with Crippen molar-refractivity contribution in [2.45, 2.75) is 37.8 Å². The molecule has 1 amide bonds. The molecule has 1 saturated carbocycles. The van der Waals surface area contributed by atoms with Crippen LogP contribution in [0, 0.1) is 0 Å². The Morgan fingerprint density at radius 3 is 2.33 bits per heavy atom. The Balaban J connectivity index is 1.36. The lowest BCUT2D eigenvalue weighted by Crippen LogP contribution is -2.40. The van der Waals surface area contributed by atoms with Crippen LogP contribution in [0.15, 0.2) is 42.5 Å². The van der Waals surface area contributed by atoms with E-state index < -0.39 is 0 Å². The number of rotatable bonds is 7. The largest absolute Gasteiger partial charge is 0.493 e. The second-order valence-corrected chi connectivity index (χ2v) is 8.52. The summed E-state index contributed by atoms with van der Waals surface area (Å²) in [6.45, 7) is 0. The van der Waals surface area contributed by atoms with E-state index in [0.29, 0.717) is 23.0 Å². The van der Waals surface area contributed by atoms with Gasteiger partial charge >= 0.3 is 0 Å². The summed E-state index contributed by atoms with van der Waals surface area (Å²) in [6, 6.07) is 13.7. The maximum Gasteiger partial charge on any atom is 0.251 e. The summed E-state index contributed by atoms with van der Waals surface area (Å²) in [6.07, 6.45) is 3.66. The molecule has 8 heteroatoms. The van der Waals surface area contributed by atoms with Gasteiger partial charge in [-0.05, 0) is 56.0 Å². The van der Waals surface area contributed by atoms with E-state index >= 15 is 0 Å². The van der Waals surface area contributed by atoms with Crippen LogP contribution in [0.5, 0.6) is 11.5 Å². The Kier molecular flexibility index (Phi) is 6.82. The first kappa shape index (κ1) is 22.6. The molecular weight excluding hydrogens is 418 g/mol. The zero-order chi connectivity index (χ0) is 23.4. The van der Waals surface area contributed by atoms with Crippen LogP contribution < -0.4 is 25.0 Å². The van der Waals surface area contributed by atoms with Gasteiger partial charge in [-0.3, -0.25) is 4.79 Å². The van der Waals surface area contributed by atoms with Crippen LogP contribution in [0.3, 0.4) is 0 Å². The number of nitrogens with one attached hydrogen (secondary N) is 2. The number of hydrogen-bond donors (Lipinski definition) is 2. The Labute approximate surface area is 194 Å². The molecule has 0 radical (unpaired) electrons. The van der Waals surface area contributed by atoms with Gasteiger partial charge in [-0.2, -0.15) is 4.98 Å². The van der Waals surface area contributed by atoms with Crippen molar-refractivity contribution < 1.29 is 14.3 Å². The molecule has 1 heterocycles. The number of hydrogen-bond acceptors (Lipinski definition) is 7. The lowest BCUT2D eigenvalue weighted by Gasteiger charge is -2.30. The van der Waals surface area contributed by atoms with Crippen LogP contribution in [-0.2, 0) is 0 Å². The first-order valence-corrected chi connectivity index (χ1v) is 11.2. The molecule has 1 aliphatic rings. The zero-order valence-corrected chi connectivity index (χ0v) is 19.6. The van der Waals surface area contributed by atoms with Crippen LogP contribution in [0.4, 0.5) is 11.8 Å². The van der Waals surface area contributed by atoms with Crippen LogP contribution >= 0.6 is 0 Å². The minimum Gasteiger partial charge on any atom is -0.493 e. The number of nitrogens with zero attached hydrogens (tertiary/aromatic N) is 3. The molecule has 33 heavy (non-hydrogen) atoms. The van der Waals surface area contributed by atoms with Gasteiger partial charge in [-0.1, -0.05) is 12.1 Å². The van der Waals surface area contributed by atoms with E-state index in [-0.39, 0.29) is 18.0 Å². The maximum absolute atomic E-state index is 12.7. The fourth-order valence-electron chi connectivity index (χ4n) is 4.28. The summed E-state index contributed by atoms with van der Waals surface area (Å²) in [5, 5.41) is 7.70. The van der Waals surface area contributed by atoms with Gasteiger partial charge in [0, 0.05) is 37.1 Å². The Morgan fingerprint density at radius 1 is 0.939 bits per heavy atom. The number of aromatic nitrogens is 2. The van der Waals surface area contributed by atoms with Crippen LogP contribution in [-0.4, -0.2) is 56.3 Å². The number of carbonyl (C=O) groups excluding carboxylic acids is 1. The molecule has 3 aromatic rings. The normalized spacial score (nSPS) is 17.9. The molecule has 1 fully saturated rings. The molecule has 0 unspecified atom stereocenters. The fraction of sp³-hybridized carbons (Fsp3) is 0.400. The SMILES string of the molecule is COc1ccc(C(=O)N[C@H]2CC[C@@H](Nc3nc(N(C)C)c4ccccc4n3)CC2)cc1OC. The monoisotopic (exact) mass is 449 g/mol. The van der Waals surface area contributed by atoms with Crippen molar-refractivity contribution in [2.75, 3.05) is 38.5 Å². The molecular formula is C25H31N5O3. The molecule has 2 aromatic carbocycles. The summed E-state index contributed by atoms with van der Waals surface area (Å²) in [4.78, 5) is 24.2. The maximum atomic E-state index is 12.7. The molecule has 0 bridgehead atoms. The topological polar surface area (TPSA) is 88.6 Å². The van der Waals surface area contributed by atoms with Crippen molar-refractivity contribution in [2.24, 2.45) is 0 Å². The van der Waals surface area contributed by atoms with Gasteiger partial charge in [-0.15, -0.1) is 0 Å². The van der Waals surface area contributed by atoms with E-state index in [9.17, 15) is 4.79 Å². The number of amides is 1. The predicted molar refractivity (Wildman–Crippen MR) is 131 cm³/mol. The third kappa shape index (κ3) is 5.10. The highest BCUT2D eigenvalue weighted by molar-refractivity contribution is 5.95. The van der Waals surface area contributed by atoms with Crippen LogP contribution in [0.25, 0.3) is 10.9 Å². The van der Waals surface area contributed by atoms with Crippen molar-refractivity contribution in [3.8, 4) is 11.5 Å².